The van der Waals surface area contributed by atoms with Crippen molar-refractivity contribution in [3.63, 3.8) is 0 Å². The summed E-state index contributed by atoms with van der Waals surface area (Å²) in [6.07, 6.45) is 0.997. The van der Waals surface area contributed by atoms with Gasteiger partial charge in [-0.1, -0.05) is 43.0 Å². The van der Waals surface area contributed by atoms with E-state index in [0.29, 0.717) is 22.4 Å². The molecule has 0 aliphatic heterocycles. The Labute approximate surface area is 152 Å². The van der Waals surface area contributed by atoms with Crippen molar-refractivity contribution in [1.29, 1.82) is 0 Å². The molecule has 4 aromatic rings. The van der Waals surface area contributed by atoms with Crippen LogP contribution in [0.25, 0.3) is 17.2 Å². The topological polar surface area (TPSA) is 131 Å². The molecule has 0 saturated carbocycles. The SMILES string of the molecule is CCc1ccc(-c2nc(SCc3cc(=O)n4[nH]c(N)nc4n3)n[nH]2)cc1. The molecule has 0 fully saturated rings. The van der Waals surface area contributed by atoms with Crippen LogP contribution in [-0.2, 0) is 12.2 Å². The van der Waals surface area contributed by atoms with Crippen LogP contribution in [0.4, 0.5) is 5.95 Å². The van der Waals surface area contributed by atoms with E-state index in [0.717, 1.165) is 12.0 Å². The second kappa shape index (κ2) is 6.64. The van der Waals surface area contributed by atoms with Crippen molar-refractivity contribution in [3.05, 3.63) is 51.9 Å². The molecule has 3 heterocycles. The normalized spacial score (nSPS) is 11.3. The lowest BCUT2D eigenvalue weighted by Gasteiger charge is -1.99. The number of nitrogens with two attached hydrogens (primary N) is 1. The molecule has 0 amide bonds. The monoisotopic (exact) mass is 368 g/mol. The van der Waals surface area contributed by atoms with Crippen molar-refractivity contribution < 1.29 is 0 Å². The van der Waals surface area contributed by atoms with E-state index < -0.39 is 0 Å². The van der Waals surface area contributed by atoms with Gasteiger partial charge in [-0.15, -0.1) is 5.10 Å². The number of aromatic amines is 2. The van der Waals surface area contributed by atoms with Crippen molar-refractivity contribution in [1.82, 2.24) is 34.8 Å². The molecule has 1 aromatic carbocycles. The highest BCUT2D eigenvalue weighted by Crippen LogP contribution is 2.22. The van der Waals surface area contributed by atoms with Crippen LogP contribution in [-0.4, -0.2) is 34.8 Å². The number of aryl methyl sites for hydroxylation is 1. The van der Waals surface area contributed by atoms with Crippen molar-refractivity contribution in [2.75, 3.05) is 5.73 Å². The van der Waals surface area contributed by atoms with Crippen molar-refractivity contribution in [2.45, 2.75) is 24.3 Å². The number of H-pyrrole nitrogens is 2. The van der Waals surface area contributed by atoms with Crippen LogP contribution in [0.15, 0.2) is 40.3 Å². The molecule has 4 N–H and O–H groups in total. The molecule has 4 rings (SSSR count). The first-order valence-corrected chi connectivity index (χ1v) is 8.99. The van der Waals surface area contributed by atoms with Crippen LogP contribution in [0.1, 0.15) is 18.2 Å². The molecule has 0 bridgehead atoms. The lowest BCUT2D eigenvalue weighted by atomic mass is 10.1. The van der Waals surface area contributed by atoms with E-state index in [9.17, 15) is 4.79 Å². The predicted molar refractivity (Wildman–Crippen MR) is 98.8 cm³/mol. The van der Waals surface area contributed by atoms with Gasteiger partial charge in [-0.25, -0.2) is 9.97 Å². The molecule has 0 saturated heterocycles. The Balaban J connectivity index is 1.50. The quantitative estimate of drug-likeness (QED) is 0.456. The lowest BCUT2D eigenvalue weighted by Crippen LogP contribution is -2.15. The minimum absolute atomic E-state index is 0.145. The van der Waals surface area contributed by atoms with Gasteiger partial charge in [0.1, 0.15) is 0 Å². The fraction of sp³-hybridized carbons (Fsp3) is 0.188. The Morgan fingerprint density at radius 3 is 2.77 bits per heavy atom. The number of anilines is 1. The van der Waals surface area contributed by atoms with Crippen molar-refractivity contribution >= 4 is 23.5 Å². The fourth-order valence-electron chi connectivity index (χ4n) is 2.49. The van der Waals surface area contributed by atoms with Crippen molar-refractivity contribution in [3.8, 4) is 11.4 Å². The zero-order chi connectivity index (χ0) is 18.1. The third-order valence-electron chi connectivity index (χ3n) is 3.85. The highest BCUT2D eigenvalue weighted by molar-refractivity contribution is 7.98. The van der Waals surface area contributed by atoms with Crippen molar-refractivity contribution in [2.24, 2.45) is 0 Å². The first-order valence-electron chi connectivity index (χ1n) is 8.01. The molecule has 0 unspecified atom stereocenters. The van der Waals surface area contributed by atoms with Gasteiger partial charge in [-0.3, -0.25) is 15.0 Å². The number of benzene rings is 1. The maximum atomic E-state index is 12.0. The summed E-state index contributed by atoms with van der Waals surface area (Å²) >= 11 is 1.39. The fourth-order valence-corrected chi connectivity index (χ4v) is 3.19. The van der Waals surface area contributed by atoms with Gasteiger partial charge in [0.05, 0.1) is 5.69 Å². The van der Waals surface area contributed by atoms with E-state index in [1.165, 1.54) is 27.9 Å². The third-order valence-corrected chi connectivity index (χ3v) is 4.73. The number of fused-ring (bicyclic) bond motifs is 1. The molecule has 0 spiro atoms. The number of aromatic nitrogens is 7. The summed E-state index contributed by atoms with van der Waals surface area (Å²) in [5, 5.41) is 10.4. The van der Waals surface area contributed by atoms with Gasteiger partial charge in [0.25, 0.3) is 11.3 Å². The molecular weight excluding hydrogens is 352 g/mol. The molecule has 0 radical (unpaired) electrons. The first-order chi connectivity index (χ1) is 12.6. The average molecular weight is 368 g/mol. The van der Waals surface area contributed by atoms with Gasteiger partial charge < -0.3 is 5.73 Å². The zero-order valence-corrected chi connectivity index (χ0v) is 14.7. The largest absolute Gasteiger partial charge is 0.368 e. The van der Waals surface area contributed by atoms with Gasteiger partial charge in [-0.05, 0) is 12.0 Å². The van der Waals surface area contributed by atoms with E-state index in [-0.39, 0.29) is 17.3 Å². The standard InChI is InChI=1S/C16H16N8OS/c1-2-9-3-5-10(6-4-9)13-19-16(22-21-13)26-8-11-7-12(25)24-15(18-11)20-14(17)23-24/h3-7H,2,8H2,1H3,(H,19,21,22)(H3,17,18,20,23). The summed E-state index contributed by atoms with van der Waals surface area (Å²) in [6.45, 7) is 2.12. The smallest absolute Gasteiger partial charge is 0.274 e. The van der Waals surface area contributed by atoms with E-state index >= 15 is 0 Å². The maximum Gasteiger partial charge on any atom is 0.274 e. The van der Waals surface area contributed by atoms with E-state index in [2.05, 4.69) is 49.3 Å². The summed E-state index contributed by atoms with van der Waals surface area (Å²) in [5.41, 5.74) is 8.13. The van der Waals surface area contributed by atoms with Crippen LogP contribution in [0, 0.1) is 0 Å². The number of nitrogens with one attached hydrogen (secondary N) is 2. The molecule has 26 heavy (non-hydrogen) atoms. The summed E-state index contributed by atoms with van der Waals surface area (Å²) < 4.78 is 1.20. The lowest BCUT2D eigenvalue weighted by molar-refractivity contribution is 0.890. The van der Waals surface area contributed by atoms with Crippen LogP contribution in [0.2, 0.25) is 0 Å². The average Bonchev–Trinajstić information content (AvgIpc) is 3.26. The van der Waals surface area contributed by atoms with Gasteiger partial charge in [-0.2, -0.15) is 9.50 Å². The first kappa shape index (κ1) is 16.3. The van der Waals surface area contributed by atoms with Crippen LogP contribution < -0.4 is 11.3 Å². The van der Waals surface area contributed by atoms with Gasteiger partial charge in [0, 0.05) is 17.4 Å². The van der Waals surface area contributed by atoms with Gasteiger partial charge in [0.15, 0.2) is 5.82 Å². The Bertz CT molecular complexity index is 1110. The number of hydrogen-bond donors (Lipinski definition) is 3. The molecule has 9 nitrogen and oxygen atoms in total. The van der Waals surface area contributed by atoms with Crippen LogP contribution in [0.3, 0.4) is 0 Å². The second-order valence-electron chi connectivity index (χ2n) is 5.64. The summed E-state index contributed by atoms with van der Waals surface area (Å²) in [4.78, 5) is 24.8. The molecule has 0 aliphatic carbocycles. The Morgan fingerprint density at radius 2 is 2.00 bits per heavy atom. The summed E-state index contributed by atoms with van der Waals surface area (Å²) in [7, 11) is 0. The number of nitrogens with zero attached hydrogens (tertiary/aromatic N) is 5. The minimum Gasteiger partial charge on any atom is -0.368 e. The van der Waals surface area contributed by atoms with E-state index in [4.69, 9.17) is 5.73 Å². The van der Waals surface area contributed by atoms with Crippen LogP contribution in [0.5, 0.6) is 0 Å². The molecule has 132 valence electrons. The minimum atomic E-state index is -0.263. The summed E-state index contributed by atoms with van der Waals surface area (Å²) in [6, 6.07) is 9.63. The number of thioether (sulfide) groups is 1. The number of hydrogen-bond acceptors (Lipinski definition) is 7. The Kier molecular flexibility index (Phi) is 4.17. The van der Waals surface area contributed by atoms with Gasteiger partial charge in [0.2, 0.25) is 11.1 Å². The molecule has 0 aliphatic rings. The second-order valence-corrected chi connectivity index (χ2v) is 6.58. The number of rotatable bonds is 5. The molecular formula is C16H16N8OS. The zero-order valence-electron chi connectivity index (χ0n) is 13.9. The predicted octanol–water partition coefficient (Wildman–Crippen LogP) is 1.64. The highest BCUT2D eigenvalue weighted by atomic mass is 32.2. The van der Waals surface area contributed by atoms with Gasteiger partial charge >= 0.3 is 0 Å². The Morgan fingerprint density at radius 1 is 1.19 bits per heavy atom. The molecule has 0 atom stereocenters. The van der Waals surface area contributed by atoms with Crippen LogP contribution >= 0.6 is 11.8 Å². The number of nitrogen functional groups attached to an aromatic ring is 1. The highest BCUT2D eigenvalue weighted by Gasteiger charge is 2.10. The molecule has 10 heteroatoms. The summed E-state index contributed by atoms with van der Waals surface area (Å²) in [5.74, 6) is 1.55. The van der Waals surface area contributed by atoms with E-state index in [1.807, 2.05) is 12.1 Å². The maximum absolute atomic E-state index is 12.0. The molecule has 3 aromatic heterocycles. The third kappa shape index (κ3) is 3.18. The Hall–Kier alpha value is -3.14. The van der Waals surface area contributed by atoms with E-state index in [1.54, 1.807) is 0 Å².